The number of hydrogen-bond acceptors (Lipinski definition) is 1. The summed E-state index contributed by atoms with van der Waals surface area (Å²) in [5.74, 6) is 0.108. The highest BCUT2D eigenvalue weighted by Crippen LogP contribution is 2.16. The van der Waals surface area contributed by atoms with Crippen LogP contribution in [0.1, 0.15) is 25.8 Å². The maximum atomic E-state index is 11.7. The molecule has 0 bridgehead atoms. The van der Waals surface area contributed by atoms with Gasteiger partial charge < -0.3 is 0 Å². The molecule has 0 atom stereocenters. The fourth-order valence-corrected chi connectivity index (χ4v) is 1.34. The molecule has 0 N–H and O–H groups in total. The fraction of sp³-hybridized carbons (Fsp3) is 0.308. The average molecular weight is 203 g/mol. The molecular formula is C13H17NO. The van der Waals surface area contributed by atoms with Crippen LogP contribution in [0.4, 0.5) is 5.69 Å². The van der Waals surface area contributed by atoms with Gasteiger partial charge in [-0.15, -0.1) is 0 Å². The molecule has 0 unspecified atom stereocenters. The van der Waals surface area contributed by atoms with Crippen LogP contribution in [-0.2, 0) is 4.79 Å². The average Bonchev–Trinajstić information content (AvgIpc) is 2.26. The van der Waals surface area contributed by atoms with Crippen molar-refractivity contribution in [2.75, 3.05) is 4.90 Å². The van der Waals surface area contributed by atoms with Crippen molar-refractivity contribution in [2.45, 2.75) is 27.2 Å². The van der Waals surface area contributed by atoms with Crippen LogP contribution < -0.4 is 4.90 Å². The van der Waals surface area contributed by atoms with E-state index in [1.807, 2.05) is 51.1 Å². The highest BCUT2D eigenvalue weighted by molar-refractivity contribution is 5.94. The van der Waals surface area contributed by atoms with Gasteiger partial charge in [0.25, 0.3) is 0 Å². The van der Waals surface area contributed by atoms with Crippen LogP contribution in [0.15, 0.2) is 36.5 Å². The standard InChI is InChI=1S/C13H17NO/c1-4-10-14(13(15)5-2)12-8-6-11(3)7-9-12/h4,6-10H,5H2,1-3H3/b10-4-. The maximum absolute atomic E-state index is 11.7. The SMILES string of the molecule is C/C=C\N(C(=O)CC)c1ccc(C)cc1. The van der Waals surface area contributed by atoms with Crippen molar-refractivity contribution in [1.29, 1.82) is 0 Å². The Morgan fingerprint density at radius 3 is 2.40 bits per heavy atom. The van der Waals surface area contributed by atoms with Crippen molar-refractivity contribution in [3.05, 3.63) is 42.1 Å². The molecule has 1 aromatic rings. The monoisotopic (exact) mass is 203 g/mol. The zero-order valence-corrected chi connectivity index (χ0v) is 9.53. The Labute approximate surface area is 91.2 Å². The summed E-state index contributed by atoms with van der Waals surface area (Å²) < 4.78 is 0. The number of anilines is 1. The predicted octanol–water partition coefficient (Wildman–Crippen LogP) is 3.27. The summed E-state index contributed by atoms with van der Waals surface area (Å²) in [7, 11) is 0. The summed E-state index contributed by atoms with van der Waals surface area (Å²) in [6, 6.07) is 7.94. The number of carbonyl (C=O) groups excluding carboxylic acids is 1. The van der Waals surface area contributed by atoms with Crippen molar-refractivity contribution in [1.82, 2.24) is 0 Å². The lowest BCUT2D eigenvalue weighted by atomic mass is 10.2. The number of amides is 1. The number of nitrogens with zero attached hydrogens (tertiary/aromatic N) is 1. The summed E-state index contributed by atoms with van der Waals surface area (Å²) in [5.41, 5.74) is 2.12. The molecule has 1 rings (SSSR count). The lowest BCUT2D eigenvalue weighted by Crippen LogP contribution is -2.23. The van der Waals surface area contributed by atoms with E-state index in [2.05, 4.69) is 0 Å². The van der Waals surface area contributed by atoms with Gasteiger partial charge in [-0.05, 0) is 26.0 Å². The molecule has 0 saturated carbocycles. The van der Waals surface area contributed by atoms with Crippen molar-refractivity contribution in [3.63, 3.8) is 0 Å². The summed E-state index contributed by atoms with van der Waals surface area (Å²) in [4.78, 5) is 13.3. The van der Waals surface area contributed by atoms with Crippen molar-refractivity contribution in [3.8, 4) is 0 Å². The maximum Gasteiger partial charge on any atom is 0.230 e. The van der Waals surface area contributed by atoms with Gasteiger partial charge in [0.1, 0.15) is 0 Å². The summed E-state index contributed by atoms with van der Waals surface area (Å²) >= 11 is 0. The first-order valence-electron chi connectivity index (χ1n) is 5.20. The molecule has 1 aromatic carbocycles. The van der Waals surface area contributed by atoms with Gasteiger partial charge >= 0.3 is 0 Å². The molecule has 0 aliphatic heterocycles. The quantitative estimate of drug-likeness (QED) is 0.738. The first kappa shape index (κ1) is 11.5. The van der Waals surface area contributed by atoms with E-state index in [4.69, 9.17) is 0 Å². The highest BCUT2D eigenvalue weighted by atomic mass is 16.2. The minimum atomic E-state index is 0.108. The Kier molecular flexibility index (Phi) is 4.10. The number of aryl methyl sites for hydroxylation is 1. The van der Waals surface area contributed by atoms with E-state index in [1.165, 1.54) is 5.56 Å². The second-order valence-corrected chi connectivity index (χ2v) is 3.44. The van der Waals surface area contributed by atoms with Gasteiger partial charge in [0.2, 0.25) is 5.91 Å². The van der Waals surface area contributed by atoms with Crippen LogP contribution in [0.3, 0.4) is 0 Å². The fourth-order valence-electron chi connectivity index (χ4n) is 1.34. The highest BCUT2D eigenvalue weighted by Gasteiger charge is 2.09. The summed E-state index contributed by atoms with van der Waals surface area (Å²) in [6.07, 6.45) is 4.18. The minimum Gasteiger partial charge on any atom is -0.288 e. The second kappa shape index (κ2) is 5.35. The molecule has 0 heterocycles. The van der Waals surface area contributed by atoms with E-state index < -0.39 is 0 Å². The van der Waals surface area contributed by atoms with Crippen LogP contribution >= 0.6 is 0 Å². The minimum absolute atomic E-state index is 0.108. The Morgan fingerprint density at radius 1 is 1.33 bits per heavy atom. The number of hydrogen-bond donors (Lipinski definition) is 0. The van der Waals surface area contributed by atoms with Gasteiger partial charge in [-0.1, -0.05) is 30.7 Å². The second-order valence-electron chi connectivity index (χ2n) is 3.44. The van der Waals surface area contributed by atoms with Crippen molar-refractivity contribution in [2.24, 2.45) is 0 Å². The third kappa shape index (κ3) is 2.94. The van der Waals surface area contributed by atoms with Crippen LogP contribution in [0.25, 0.3) is 0 Å². The topological polar surface area (TPSA) is 20.3 Å². The molecule has 0 fully saturated rings. The lowest BCUT2D eigenvalue weighted by molar-refractivity contribution is -0.117. The molecule has 0 radical (unpaired) electrons. The molecular weight excluding hydrogens is 186 g/mol. The van der Waals surface area contributed by atoms with Crippen molar-refractivity contribution >= 4 is 11.6 Å². The predicted molar refractivity (Wildman–Crippen MR) is 63.8 cm³/mol. The van der Waals surface area contributed by atoms with Gasteiger partial charge in [0, 0.05) is 18.3 Å². The Bertz CT molecular complexity index is 351. The smallest absolute Gasteiger partial charge is 0.230 e. The molecule has 1 amide bonds. The number of carbonyl (C=O) groups is 1. The van der Waals surface area contributed by atoms with E-state index in [0.717, 1.165) is 5.69 Å². The van der Waals surface area contributed by atoms with E-state index >= 15 is 0 Å². The molecule has 80 valence electrons. The third-order valence-electron chi connectivity index (χ3n) is 2.18. The Balaban J connectivity index is 2.99. The van der Waals surface area contributed by atoms with Gasteiger partial charge in [-0.25, -0.2) is 0 Å². The number of allylic oxidation sites excluding steroid dienone is 1. The molecule has 2 nitrogen and oxygen atoms in total. The first-order valence-corrected chi connectivity index (χ1v) is 5.20. The van der Waals surface area contributed by atoms with E-state index in [-0.39, 0.29) is 5.91 Å². The van der Waals surface area contributed by atoms with Gasteiger partial charge in [-0.2, -0.15) is 0 Å². The Hall–Kier alpha value is -1.57. The van der Waals surface area contributed by atoms with Crippen LogP contribution in [0, 0.1) is 6.92 Å². The summed E-state index contributed by atoms with van der Waals surface area (Å²) in [5, 5.41) is 0. The molecule has 0 aliphatic carbocycles. The van der Waals surface area contributed by atoms with Crippen LogP contribution in [0.5, 0.6) is 0 Å². The normalized spacial score (nSPS) is 10.6. The van der Waals surface area contributed by atoms with Crippen LogP contribution in [0.2, 0.25) is 0 Å². The first-order chi connectivity index (χ1) is 7.19. The van der Waals surface area contributed by atoms with Gasteiger partial charge in [0.15, 0.2) is 0 Å². The third-order valence-corrected chi connectivity index (χ3v) is 2.18. The number of benzene rings is 1. The zero-order valence-electron chi connectivity index (χ0n) is 9.53. The van der Waals surface area contributed by atoms with E-state index in [0.29, 0.717) is 6.42 Å². The summed E-state index contributed by atoms with van der Waals surface area (Å²) in [6.45, 7) is 5.81. The number of rotatable bonds is 3. The van der Waals surface area contributed by atoms with Gasteiger partial charge in [0.05, 0.1) is 0 Å². The molecule has 0 aliphatic rings. The zero-order chi connectivity index (χ0) is 11.3. The largest absolute Gasteiger partial charge is 0.288 e. The van der Waals surface area contributed by atoms with E-state index in [9.17, 15) is 4.79 Å². The molecule has 2 heteroatoms. The van der Waals surface area contributed by atoms with E-state index in [1.54, 1.807) is 11.1 Å². The van der Waals surface area contributed by atoms with Crippen LogP contribution in [-0.4, -0.2) is 5.91 Å². The molecule has 0 spiro atoms. The molecule has 15 heavy (non-hydrogen) atoms. The molecule has 0 saturated heterocycles. The van der Waals surface area contributed by atoms with Gasteiger partial charge in [-0.3, -0.25) is 9.69 Å². The van der Waals surface area contributed by atoms with Crippen molar-refractivity contribution < 1.29 is 4.79 Å². The molecule has 0 aromatic heterocycles. The lowest BCUT2D eigenvalue weighted by Gasteiger charge is -2.17. The Morgan fingerprint density at radius 2 is 1.93 bits per heavy atom.